The Labute approximate surface area is 179 Å². The third-order valence-corrected chi connectivity index (χ3v) is 24.7. The summed E-state index contributed by atoms with van der Waals surface area (Å²) in [6, 6.07) is 16.2. The minimum atomic E-state index is -2.40. The van der Waals surface area contributed by atoms with Crippen LogP contribution in [0.3, 0.4) is 0 Å². The zero-order chi connectivity index (χ0) is 19.1. The molecule has 0 atom stereocenters. The Morgan fingerprint density at radius 3 is 1.70 bits per heavy atom. The fraction of sp³-hybridized carbons (Fsp3) is 0.500. The molecule has 146 valence electrons. The summed E-state index contributed by atoms with van der Waals surface area (Å²) in [5, 5.41) is 0. The first-order valence-electron chi connectivity index (χ1n) is 10.8. The molecular weight excluding hydrogens is 471 g/mol. The van der Waals surface area contributed by atoms with Gasteiger partial charge in [-0.2, -0.15) is 0 Å². The van der Waals surface area contributed by atoms with Gasteiger partial charge >= 0.3 is 180 Å². The van der Waals surface area contributed by atoms with Crippen LogP contribution in [0.5, 0.6) is 0 Å². The Balaban J connectivity index is 2.04. The van der Waals surface area contributed by atoms with Crippen molar-refractivity contribution in [3.05, 3.63) is 42.5 Å². The van der Waals surface area contributed by atoms with Gasteiger partial charge in [0.05, 0.1) is 0 Å². The van der Waals surface area contributed by atoms with E-state index in [1.54, 1.807) is 18.2 Å². The van der Waals surface area contributed by atoms with Crippen molar-refractivity contribution in [2.24, 2.45) is 0 Å². The maximum absolute atomic E-state index is 2.55. The van der Waals surface area contributed by atoms with Crippen LogP contribution in [0.4, 0.5) is 0 Å². The molecule has 3 heteroatoms. The third kappa shape index (κ3) is 5.11. The summed E-state index contributed by atoms with van der Waals surface area (Å²) in [6.07, 6.45) is 8.33. The summed E-state index contributed by atoms with van der Waals surface area (Å²) in [6.45, 7) is 7.12. The second kappa shape index (κ2) is 10.6. The van der Waals surface area contributed by atoms with Crippen LogP contribution < -0.4 is 3.58 Å². The molecule has 0 saturated heterocycles. The molecule has 0 aliphatic carbocycles. The van der Waals surface area contributed by atoms with Gasteiger partial charge in [-0.1, -0.05) is 0 Å². The first-order chi connectivity index (χ1) is 13.2. The molecule has 0 amide bonds. The fourth-order valence-electron chi connectivity index (χ4n) is 4.29. The average molecular weight is 505 g/mol. The Bertz CT molecular complexity index is 719. The Kier molecular flexibility index (Phi) is 8.53. The Hall–Kier alpha value is -0.0613. The van der Waals surface area contributed by atoms with Crippen molar-refractivity contribution in [1.82, 2.24) is 0 Å². The fourth-order valence-corrected chi connectivity index (χ4v) is 25.0. The van der Waals surface area contributed by atoms with E-state index in [1.165, 1.54) is 53.2 Å². The van der Waals surface area contributed by atoms with Crippen molar-refractivity contribution < 1.29 is 0 Å². The molecule has 27 heavy (non-hydrogen) atoms. The van der Waals surface area contributed by atoms with Crippen LogP contribution in [0.2, 0.25) is 13.3 Å². The standard InChI is InChI=1S/C12H7S2.3C4H9.Sn/c1-2-6-10-9(5-1)13-11-7-3-4-8-12(11)14-10;3*1-3-4-2;/h1-7H;3*1,3-4H2,2H3;. The van der Waals surface area contributed by atoms with Crippen LogP contribution in [0, 0.1) is 0 Å². The second-order valence-corrected chi connectivity index (χ2v) is 23.1. The summed E-state index contributed by atoms with van der Waals surface area (Å²) in [5.41, 5.74) is 0. The molecule has 0 radical (unpaired) electrons. The summed E-state index contributed by atoms with van der Waals surface area (Å²) in [5.74, 6) is 0. The van der Waals surface area contributed by atoms with E-state index in [2.05, 4.69) is 75.0 Å². The first-order valence-corrected chi connectivity index (χ1v) is 19.9. The van der Waals surface area contributed by atoms with Gasteiger partial charge in [0.2, 0.25) is 0 Å². The molecule has 1 aliphatic heterocycles. The van der Waals surface area contributed by atoms with E-state index in [-0.39, 0.29) is 0 Å². The summed E-state index contributed by atoms with van der Waals surface area (Å²) in [7, 11) is 0. The molecular formula is C24H34S2Sn. The number of hydrogen-bond donors (Lipinski definition) is 0. The van der Waals surface area contributed by atoms with Gasteiger partial charge in [-0.15, -0.1) is 0 Å². The van der Waals surface area contributed by atoms with E-state index in [0.717, 1.165) is 0 Å². The number of benzene rings is 2. The number of fused-ring (bicyclic) bond motifs is 2. The van der Waals surface area contributed by atoms with Gasteiger partial charge in [0, 0.05) is 0 Å². The summed E-state index contributed by atoms with van der Waals surface area (Å²) >= 11 is 1.66. The molecule has 0 fully saturated rings. The number of hydrogen-bond acceptors (Lipinski definition) is 2. The van der Waals surface area contributed by atoms with Crippen molar-refractivity contribution in [1.29, 1.82) is 0 Å². The van der Waals surface area contributed by atoms with Gasteiger partial charge in [-0.05, 0) is 0 Å². The van der Waals surface area contributed by atoms with Gasteiger partial charge in [-0.3, -0.25) is 0 Å². The van der Waals surface area contributed by atoms with E-state index >= 15 is 0 Å². The normalized spacial score (nSPS) is 13.3. The van der Waals surface area contributed by atoms with Crippen LogP contribution in [0.25, 0.3) is 0 Å². The van der Waals surface area contributed by atoms with Crippen molar-refractivity contribution in [3.63, 3.8) is 0 Å². The molecule has 0 nitrogen and oxygen atoms in total. The zero-order valence-electron chi connectivity index (χ0n) is 17.2. The van der Waals surface area contributed by atoms with E-state index in [4.69, 9.17) is 0 Å². The maximum atomic E-state index is 2.55. The predicted octanol–water partition coefficient (Wildman–Crippen LogP) is 8.36. The summed E-state index contributed by atoms with van der Waals surface area (Å²) < 4.78 is 6.50. The molecule has 0 bridgehead atoms. The van der Waals surface area contributed by atoms with E-state index < -0.39 is 18.4 Å². The van der Waals surface area contributed by atoms with Crippen molar-refractivity contribution in [3.8, 4) is 0 Å². The van der Waals surface area contributed by atoms with Crippen LogP contribution in [0.1, 0.15) is 59.3 Å². The van der Waals surface area contributed by atoms with E-state index in [0.29, 0.717) is 0 Å². The third-order valence-electron chi connectivity index (χ3n) is 5.86. The zero-order valence-corrected chi connectivity index (χ0v) is 21.7. The first kappa shape index (κ1) is 21.6. The molecule has 2 aromatic carbocycles. The van der Waals surface area contributed by atoms with Gasteiger partial charge in [-0.25, -0.2) is 0 Å². The number of unbranched alkanes of at least 4 members (excludes halogenated alkanes) is 3. The molecule has 1 heterocycles. The Morgan fingerprint density at radius 2 is 1.15 bits per heavy atom. The molecule has 3 rings (SSSR count). The SMILES string of the molecule is CCC[CH2][Sn]([CH2]CCC)([CH2]CCC)[c]1cccc2c1Sc1ccccc1S2. The van der Waals surface area contributed by atoms with Crippen LogP contribution in [0.15, 0.2) is 62.0 Å². The van der Waals surface area contributed by atoms with Gasteiger partial charge in [0.25, 0.3) is 0 Å². The molecule has 0 saturated carbocycles. The molecule has 0 spiro atoms. The van der Waals surface area contributed by atoms with E-state index in [1.807, 2.05) is 15.3 Å². The minimum absolute atomic E-state index is 1.34. The van der Waals surface area contributed by atoms with Crippen molar-refractivity contribution >= 4 is 45.5 Å². The van der Waals surface area contributed by atoms with Crippen LogP contribution in [-0.2, 0) is 0 Å². The van der Waals surface area contributed by atoms with Crippen molar-refractivity contribution in [2.45, 2.75) is 92.2 Å². The molecule has 0 N–H and O–H groups in total. The van der Waals surface area contributed by atoms with Gasteiger partial charge in [0.15, 0.2) is 0 Å². The molecule has 2 aromatic rings. The van der Waals surface area contributed by atoms with E-state index in [9.17, 15) is 0 Å². The number of rotatable bonds is 10. The van der Waals surface area contributed by atoms with Crippen molar-refractivity contribution in [2.75, 3.05) is 0 Å². The predicted molar refractivity (Wildman–Crippen MR) is 126 cm³/mol. The molecule has 1 aliphatic rings. The average Bonchev–Trinajstić information content (AvgIpc) is 2.71. The van der Waals surface area contributed by atoms with Crippen LogP contribution >= 0.6 is 23.5 Å². The summed E-state index contributed by atoms with van der Waals surface area (Å²) in [4.78, 5) is 6.05. The monoisotopic (exact) mass is 506 g/mol. The van der Waals surface area contributed by atoms with Gasteiger partial charge in [0.1, 0.15) is 0 Å². The molecule has 0 aromatic heterocycles. The molecule has 0 unspecified atom stereocenters. The van der Waals surface area contributed by atoms with Gasteiger partial charge < -0.3 is 0 Å². The van der Waals surface area contributed by atoms with Crippen LogP contribution in [-0.4, -0.2) is 18.4 Å². The quantitative estimate of drug-likeness (QED) is 0.254. The topological polar surface area (TPSA) is 0 Å². The Morgan fingerprint density at radius 1 is 0.630 bits per heavy atom. The second-order valence-electron chi connectivity index (χ2n) is 7.87.